The molecule has 1 unspecified atom stereocenters. The van der Waals surface area contributed by atoms with Gasteiger partial charge in [0.25, 0.3) is 0 Å². The van der Waals surface area contributed by atoms with E-state index in [9.17, 15) is 9.59 Å². The predicted molar refractivity (Wildman–Crippen MR) is 78.3 cm³/mol. The average molecular weight is 291 g/mol. The van der Waals surface area contributed by atoms with Crippen molar-refractivity contribution < 1.29 is 19.4 Å². The van der Waals surface area contributed by atoms with Gasteiger partial charge in [0.05, 0.1) is 18.6 Å². The third kappa shape index (κ3) is 4.29. The monoisotopic (exact) mass is 291 g/mol. The van der Waals surface area contributed by atoms with Gasteiger partial charge in [0.15, 0.2) is 0 Å². The van der Waals surface area contributed by atoms with E-state index in [4.69, 9.17) is 9.84 Å². The summed E-state index contributed by atoms with van der Waals surface area (Å²) in [7, 11) is 1.69. The summed E-state index contributed by atoms with van der Waals surface area (Å²) in [5.41, 5.74) is 1.09. The van der Waals surface area contributed by atoms with Gasteiger partial charge in [-0.1, -0.05) is 12.1 Å². The zero-order valence-corrected chi connectivity index (χ0v) is 12.2. The molecule has 0 saturated carbocycles. The second kappa shape index (κ2) is 7.22. The second-order valence-corrected chi connectivity index (χ2v) is 5.48. The predicted octanol–water partition coefficient (Wildman–Crippen LogP) is 1.81. The van der Waals surface area contributed by atoms with Crippen LogP contribution in [0.3, 0.4) is 0 Å². The summed E-state index contributed by atoms with van der Waals surface area (Å²) in [6.07, 6.45) is 2.43. The summed E-state index contributed by atoms with van der Waals surface area (Å²) in [6.45, 7) is 2.24. The minimum absolute atomic E-state index is 0.0962. The van der Waals surface area contributed by atoms with Gasteiger partial charge < -0.3 is 14.7 Å². The summed E-state index contributed by atoms with van der Waals surface area (Å²) in [4.78, 5) is 25.0. The largest absolute Gasteiger partial charge is 0.478 e. The maximum atomic E-state index is 12.3. The van der Waals surface area contributed by atoms with E-state index in [0.717, 1.165) is 31.5 Å². The lowest BCUT2D eigenvalue weighted by Crippen LogP contribution is -2.41. The first-order valence-electron chi connectivity index (χ1n) is 7.19. The number of amides is 1. The van der Waals surface area contributed by atoms with Crippen LogP contribution in [-0.2, 0) is 16.0 Å². The first-order valence-corrected chi connectivity index (χ1v) is 7.19. The van der Waals surface area contributed by atoms with Crippen LogP contribution >= 0.6 is 0 Å². The van der Waals surface area contributed by atoms with E-state index in [1.165, 1.54) is 12.1 Å². The molecule has 0 aromatic heterocycles. The molecule has 1 amide bonds. The number of carbonyl (C=O) groups excluding carboxylic acids is 1. The Hall–Kier alpha value is -1.88. The Morgan fingerprint density at radius 1 is 1.33 bits per heavy atom. The van der Waals surface area contributed by atoms with Crippen molar-refractivity contribution in [3.8, 4) is 0 Å². The molecule has 0 aliphatic carbocycles. The fourth-order valence-corrected chi connectivity index (χ4v) is 2.71. The average Bonchev–Trinajstić information content (AvgIpc) is 2.48. The van der Waals surface area contributed by atoms with Gasteiger partial charge in [-0.25, -0.2) is 4.79 Å². The van der Waals surface area contributed by atoms with E-state index in [-0.39, 0.29) is 11.5 Å². The lowest BCUT2D eigenvalue weighted by Gasteiger charge is -2.32. The Kier molecular flexibility index (Phi) is 5.33. The van der Waals surface area contributed by atoms with Crippen molar-refractivity contribution in [2.45, 2.75) is 19.3 Å². The minimum atomic E-state index is -0.952. The quantitative estimate of drug-likeness (QED) is 0.898. The van der Waals surface area contributed by atoms with Gasteiger partial charge in [-0.3, -0.25) is 4.79 Å². The number of carbonyl (C=O) groups is 2. The second-order valence-electron chi connectivity index (χ2n) is 5.48. The van der Waals surface area contributed by atoms with Crippen molar-refractivity contribution in [2.75, 3.05) is 26.8 Å². The number of carboxylic acid groups (broad SMARTS) is 1. The molecule has 1 fully saturated rings. The SMILES string of the molecule is COCC1CCCN(C(=O)Cc2ccc(C(=O)O)cc2)C1. The van der Waals surface area contributed by atoms with Crippen molar-refractivity contribution in [1.29, 1.82) is 0 Å². The summed E-state index contributed by atoms with van der Waals surface area (Å²) >= 11 is 0. The third-order valence-electron chi connectivity index (χ3n) is 3.83. The smallest absolute Gasteiger partial charge is 0.335 e. The number of benzene rings is 1. The number of rotatable bonds is 5. The molecular formula is C16H21NO4. The van der Waals surface area contributed by atoms with Crippen LogP contribution in [0.5, 0.6) is 0 Å². The highest BCUT2D eigenvalue weighted by Gasteiger charge is 2.23. The number of aromatic carboxylic acids is 1. The van der Waals surface area contributed by atoms with Gasteiger partial charge in [-0.05, 0) is 36.5 Å². The van der Waals surface area contributed by atoms with E-state index in [2.05, 4.69) is 0 Å². The first-order chi connectivity index (χ1) is 10.1. The molecule has 114 valence electrons. The molecule has 1 atom stereocenters. The van der Waals surface area contributed by atoms with Crippen molar-refractivity contribution in [3.05, 3.63) is 35.4 Å². The molecule has 0 radical (unpaired) electrons. The van der Waals surface area contributed by atoms with Crippen LogP contribution in [0.1, 0.15) is 28.8 Å². The molecule has 1 heterocycles. The van der Waals surface area contributed by atoms with Gasteiger partial charge in [-0.15, -0.1) is 0 Å². The van der Waals surface area contributed by atoms with E-state index in [0.29, 0.717) is 18.9 Å². The van der Waals surface area contributed by atoms with Gasteiger partial charge in [0, 0.05) is 20.2 Å². The highest BCUT2D eigenvalue weighted by atomic mass is 16.5. The topological polar surface area (TPSA) is 66.8 Å². The van der Waals surface area contributed by atoms with Gasteiger partial charge >= 0.3 is 5.97 Å². The molecule has 5 heteroatoms. The Balaban J connectivity index is 1.92. The summed E-state index contributed by atoms with van der Waals surface area (Å²) in [5.74, 6) is -0.438. The van der Waals surface area contributed by atoms with Crippen molar-refractivity contribution in [1.82, 2.24) is 4.90 Å². The lowest BCUT2D eigenvalue weighted by molar-refractivity contribution is -0.132. The molecule has 1 saturated heterocycles. The standard InChI is InChI=1S/C16H21NO4/c1-21-11-13-3-2-8-17(10-13)15(18)9-12-4-6-14(7-5-12)16(19)20/h4-7,13H,2-3,8-11H2,1H3,(H,19,20). The van der Waals surface area contributed by atoms with Crippen LogP contribution in [0.25, 0.3) is 0 Å². The van der Waals surface area contributed by atoms with Crippen LogP contribution < -0.4 is 0 Å². The molecular weight excluding hydrogens is 270 g/mol. The number of hydrogen-bond donors (Lipinski definition) is 1. The van der Waals surface area contributed by atoms with Crippen molar-refractivity contribution in [2.24, 2.45) is 5.92 Å². The van der Waals surface area contributed by atoms with E-state index in [1.807, 2.05) is 4.90 Å². The van der Waals surface area contributed by atoms with Crippen LogP contribution in [0.2, 0.25) is 0 Å². The number of carboxylic acids is 1. The molecule has 0 bridgehead atoms. The number of piperidine rings is 1. The molecule has 1 aromatic rings. The van der Waals surface area contributed by atoms with E-state index in [1.54, 1.807) is 19.2 Å². The Morgan fingerprint density at radius 3 is 2.67 bits per heavy atom. The normalized spacial score (nSPS) is 18.5. The molecule has 1 N–H and O–H groups in total. The zero-order valence-electron chi connectivity index (χ0n) is 12.2. The van der Waals surface area contributed by atoms with Crippen LogP contribution in [0.15, 0.2) is 24.3 Å². The fraction of sp³-hybridized carbons (Fsp3) is 0.500. The highest BCUT2D eigenvalue weighted by molar-refractivity contribution is 5.87. The van der Waals surface area contributed by atoms with Crippen LogP contribution in [0.4, 0.5) is 0 Å². The molecule has 21 heavy (non-hydrogen) atoms. The molecule has 1 aliphatic heterocycles. The van der Waals surface area contributed by atoms with Crippen molar-refractivity contribution in [3.63, 3.8) is 0 Å². The highest BCUT2D eigenvalue weighted by Crippen LogP contribution is 2.18. The van der Waals surface area contributed by atoms with E-state index < -0.39 is 5.97 Å². The molecule has 1 aromatic carbocycles. The van der Waals surface area contributed by atoms with Crippen LogP contribution in [-0.4, -0.2) is 48.7 Å². The number of nitrogens with zero attached hydrogens (tertiary/aromatic N) is 1. The Morgan fingerprint density at radius 2 is 2.05 bits per heavy atom. The molecule has 2 rings (SSSR count). The fourth-order valence-electron chi connectivity index (χ4n) is 2.71. The molecule has 0 spiro atoms. The molecule has 1 aliphatic rings. The number of hydrogen-bond acceptors (Lipinski definition) is 3. The number of methoxy groups -OCH3 is 1. The lowest BCUT2D eigenvalue weighted by atomic mass is 9.98. The summed E-state index contributed by atoms with van der Waals surface area (Å²) in [6, 6.07) is 6.49. The Bertz CT molecular complexity index is 496. The Labute approximate surface area is 124 Å². The maximum Gasteiger partial charge on any atom is 0.335 e. The molecule has 5 nitrogen and oxygen atoms in total. The van der Waals surface area contributed by atoms with Crippen LogP contribution in [0, 0.1) is 5.92 Å². The van der Waals surface area contributed by atoms with E-state index >= 15 is 0 Å². The zero-order chi connectivity index (χ0) is 15.2. The summed E-state index contributed by atoms with van der Waals surface area (Å²) in [5, 5.41) is 8.85. The van der Waals surface area contributed by atoms with Crippen molar-refractivity contribution >= 4 is 11.9 Å². The first kappa shape index (κ1) is 15.5. The number of ether oxygens (including phenoxy) is 1. The third-order valence-corrected chi connectivity index (χ3v) is 3.83. The maximum absolute atomic E-state index is 12.3. The van der Waals surface area contributed by atoms with Gasteiger partial charge in [0.1, 0.15) is 0 Å². The van der Waals surface area contributed by atoms with Gasteiger partial charge in [0.2, 0.25) is 5.91 Å². The number of likely N-dealkylation sites (tertiary alicyclic amines) is 1. The summed E-state index contributed by atoms with van der Waals surface area (Å²) < 4.78 is 5.17. The van der Waals surface area contributed by atoms with Gasteiger partial charge in [-0.2, -0.15) is 0 Å². The minimum Gasteiger partial charge on any atom is -0.478 e.